The number of hydrogen-bond acceptors (Lipinski definition) is 4. The van der Waals surface area contributed by atoms with Crippen LogP contribution in [-0.2, 0) is 9.59 Å². The van der Waals surface area contributed by atoms with E-state index in [1.165, 1.54) is 6.42 Å². The predicted molar refractivity (Wildman–Crippen MR) is 113 cm³/mol. The molecule has 3 aliphatic heterocycles. The molecule has 0 saturated carbocycles. The molecule has 0 aromatic carbocycles. The second-order valence-electron chi connectivity index (χ2n) is 8.39. The van der Waals surface area contributed by atoms with E-state index in [4.69, 9.17) is 0 Å². The number of nitrogens with one attached hydrogen (secondary N) is 1. The van der Waals surface area contributed by atoms with Crippen molar-refractivity contribution in [3.63, 3.8) is 0 Å². The molecule has 3 heterocycles. The Morgan fingerprint density at radius 1 is 0.963 bits per heavy atom. The molecule has 3 fully saturated rings. The summed E-state index contributed by atoms with van der Waals surface area (Å²) in [5.74, 6) is 1.92. The predicted octanol–water partition coefficient (Wildman–Crippen LogP) is 1.48. The van der Waals surface area contributed by atoms with Crippen LogP contribution in [0.15, 0.2) is 0 Å². The Kier molecular flexibility index (Phi) is 10.4. The molecule has 3 rings (SSSR count). The number of hydrogen-bond donors (Lipinski definition) is 1. The summed E-state index contributed by atoms with van der Waals surface area (Å²) in [6.45, 7) is 11.8. The maximum Gasteiger partial charge on any atom is 0.236 e. The highest BCUT2D eigenvalue weighted by molar-refractivity contribution is 5.85. The lowest BCUT2D eigenvalue weighted by atomic mass is 9.92. The van der Waals surface area contributed by atoms with Crippen molar-refractivity contribution in [2.24, 2.45) is 17.8 Å². The van der Waals surface area contributed by atoms with E-state index < -0.39 is 0 Å². The Hall–Kier alpha value is -0.560. The first kappa shape index (κ1) is 24.5. The molecule has 0 aromatic heterocycles. The van der Waals surface area contributed by atoms with Gasteiger partial charge in [-0.05, 0) is 37.6 Å². The number of nitrogens with zero attached hydrogens (tertiary/aromatic N) is 3. The molecule has 2 amide bonds. The number of likely N-dealkylation sites (tertiary alicyclic amines) is 1. The molecule has 158 valence electrons. The Balaban J connectivity index is 0.00000182. The molecule has 1 N–H and O–H groups in total. The van der Waals surface area contributed by atoms with Gasteiger partial charge in [0.2, 0.25) is 11.8 Å². The molecule has 8 heteroatoms. The van der Waals surface area contributed by atoms with Crippen LogP contribution in [0.25, 0.3) is 0 Å². The number of rotatable bonds is 3. The maximum absolute atomic E-state index is 12.6. The van der Waals surface area contributed by atoms with Crippen molar-refractivity contribution in [1.82, 2.24) is 20.0 Å². The summed E-state index contributed by atoms with van der Waals surface area (Å²) < 4.78 is 0. The summed E-state index contributed by atoms with van der Waals surface area (Å²) in [4.78, 5) is 31.5. The van der Waals surface area contributed by atoms with Crippen LogP contribution in [0.3, 0.4) is 0 Å². The third kappa shape index (κ3) is 6.77. The summed E-state index contributed by atoms with van der Waals surface area (Å²) >= 11 is 0. The Bertz CT molecular complexity index is 470. The van der Waals surface area contributed by atoms with E-state index >= 15 is 0 Å². The van der Waals surface area contributed by atoms with Crippen LogP contribution < -0.4 is 5.32 Å². The van der Waals surface area contributed by atoms with E-state index in [2.05, 4.69) is 24.1 Å². The molecular formula is C19H36Cl2N4O2. The number of carbonyl (C=O) groups is 2. The van der Waals surface area contributed by atoms with Crippen LogP contribution in [0.5, 0.6) is 0 Å². The maximum atomic E-state index is 12.6. The number of halogens is 2. The lowest BCUT2D eigenvalue weighted by molar-refractivity contribution is -0.139. The van der Waals surface area contributed by atoms with E-state index in [9.17, 15) is 9.59 Å². The van der Waals surface area contributed by atoms with Crippen molar-refractivity contribution in [3.05, 3.63) is 0 Å². The van der Waals surface area contributed by atoms with E-state index in [1.54, 1.807) is 0 Å². The lowest BCUT2D eigenvalue weighted by Gasteiger charge is -2.39. The zero-order valence-electron chi connectivity index (χ0n) is 16.7. The van der Waals surface area contributed by atoms with Crippen molar-refractivity contribution in [2.45, 2.75) is 33.1 Å². The lowest BCUT2D eigenvalue weighted by Crippen LogP contribution is -2.54. The fraction of sp³-hybridized carbons (Fsp3) is 0.895. The van der Waals surface area contributed by atoms with Gasteiger partial charge in [0.1, 0.15) is 0 Å². The van der Waals surface area contributed by atoms with Gasteiger partial charge in [-0.15, -0.1) is 24.8 Å². The van der Waals surface area contributed by atoms with Gasteiger partial charge in [0.05, 0.1) is 12.5 Å². The molecule has 0 aliphatic carbocycles. The van der Waals surface area contributed by atoms with Gasteiger partial charge in [0.25, 0.3) is 0 Å². The minimum Gasteiger partial charge on any atom is -0.341 e. The summed E-state index contributed by atoms with van der Waals surface area (Å²) in [7, 11) is 0. The molecule has 3 atom stereocenters. The first-order valence-electron chi connectivity index (χ1n) is 10.0. The fourth-order valence-electron chi connectivity index (χ4n) is 4.61. The summed E-state index contributed by atoms with van der Waals surface area (Å²) in [6.07, 6.45) is 3.33. The second kappa shape index (κ2) is 11.4. The molecular weight excluding hydrogens is 387 g/mol. The average Bonchev–Trinajstić information content (AvgIpc) is 2.61. The fourth-order valence-corrected chi connectivity index (χ4v) is 4.61. The van der Waals surface area contributed by atoms with Crippen molar-refractivity contribution in [1.29, 1.82) is 0 Å². The SMILES string of the molecule is CC1CC(C)CN(C(=O)CN2CCN(C(=O)C3CCCNC3)CC2)C1.Cl.Cl. The van der Waals surface area contributed by atoms with Gasteiger partial charge in [-0.25, -0.2) is 0 Å². The van der Waals surface area contributed by atoms with E-state index in [-0.39, 0.29) is 36.6 Å². The van der Waals surface area contributed by atoms with Gasteiger partial charge >= 0.3 is 0 Å². The topological polar surface area (TPSA) is 55.9 Å². The van der Waals surface area contributed by atoms with Crippen LogP contribution in [0.2, 0.25) is 0 Å². The first-order chi connectivity index (χ1) is 12.0. The highest BCUT2D eigenvalue weighted by Crippen LogP contribution is 2.21. The number of piperidine rings is 2. The van der Waals surface area contributed by atoms with Crippen molar-refractivity contribution >= 4 is 36.6 Å². The van der Waals surface area contributed by atoms with Crippen LogP contribution in [0, 0.1) is 17.8 Å². The average molecular weight is 423 g/mol. The Morgan fingerprint density at radius 2 is 1.59 bits per heavy atom. The molecule has 0 aromatic rings. The van der Waals surface area contributed by atoms with Crippen LogP contribution in [-0.4, -0.2) is 85.4 Å². The first-order valence-corrected chi connectivity index (χ1v) is 10.0. The molecule has 27 heavy (non-hydrogen) atoms. The van der Waals surface area contributed by atoms with E-state index in [1.807, 2.05) is 9.80 Å². The third-order valence-corrected chi connectivity index (χ3v) is 5.91. The number of amides is 2. The van der Waals surface area contributed by atoms with Gasteiger partial charge in [0, 0.05) is 45.8 Å². The van der Waals surface area contributed by atoms with Crippen molar-refractivity contribution in [2.75, 3.05) is 58.9 Å². The van der Waals surface area contributed by atoms with Crippen molar-refractivity contribution < 1.29 is 9.59 Å². The van der Waals surface area contributed by atoms with Gasteiger partial charge in [-0.2, -0.15) is 0 Å². The normalized spacial score (nSPS) is 29.5. The second-order valence-corrected chi connectivity index (χ2v) is 8.39. The summed E-state index contributed by atoms with van der Waals surface area (Å²) in [5, 5.41) is 3.33. The minimum absolute atomic E-state index is 0. The smallest absolute Gasteiger partial charge is 0.236 e. The number of carbonyl (C=O) groups excluding carboxylic acids is 2. The molecule has 0 radical (unpaired) electrons. The molecule has 0 spiro atoms. The molecule has 3 aliphatic rings. The largest absolute Gasteiger partial charge is 0.341 e. The quantitative estimate of drug-likeness (QED) is 0.747. The molecule has 6 nitrogen and oxygen atoms in total. The Morgan fingerprint density at radius 3 is 2.15 bits per heavy atom. The monoisotopic (exact) mass is 422 g/mol. The minimum atomic E-state index is 0. The Labute approximate surface area is 176 Å². The molecule has 3 saturated heterocycles. The van der Waals surface area contributed by atoms with Crippen LogP contribution in [0.1, 0.15) is 33.1 Å². The van der Waals surface area contributed by atoms with Crippen LogP contribution in [0.4, 0.5) is 0 Å². The van der Waals surface area contributed by atoms with Gasteiger partial charge in [-0.3, -0.25) is 14.5 Å². The summed E-state index contributed by atoms with van der Waals surface area (Å²) in [6, 6.07) is 0. The van der Waals surface area contributed by atoms with Crippen LogP contribution >= 0.6 is 24.8 Å². The zero-order valence-corrected chi connectivity index (χ0v) is 18.3. The van der Waals surface area contributed by atoms with Gasteiger partial charge in [-0.1, -0.05) is 13.8 Å². The summed E-state index contributed by atoms with van der Waals surface area (Å²) in [5.41, 5.74) is 0. The highest BCUT2D eigenvalue weighted by Gasteiger charge is 2.30. The highest BCUT2D eigenvalue weighted by atomic mass is 35.5. The zero-order chi connectivity index (χ0) is 17.8. The molecule has 3 unspecified atom stereocenters. The van der Waals surface area contributed by atoms with Crippen molar-refractivity contribution in [3.8, 4) is 0 Å². The standard InChI is InChI=1S/C19H34N4O2.2ClH/c1-15-10-16(2)13-23(12-15)18(24)14-21-6-8-22(9-7-21)19(25)17-4-3-5-20-11-17;;/h15-17,20H,3-14H2,1-2H3;2*1H. The van der Waals surface area contributed by atoms with E-state index in [0.29, 0.717) is 24.3 Å². The van der Waals surface area contributed by atoms with Gasteiger partial charge < -0.3 is 15.1 Å². The third-order valence-electron chi connectivity index (χ3n) is 5.91. The van der Waals surface area contributed by atoms with E-state index in [0.717, 1.165) is 65.2 Å². The van der Waals surface area contributed by atoms with Gasteiger partial charge in [0.15, 0.2) is 0 Å². The number of piperazine rings is 1. The molecule has 0 bridgehead atoms.